The SMILES string of the molecule is CC(=O)OC(OC=O)C1CCCCC1. The van der Waals surface area contributed by atoms with Gasteiger partial charge in [0.05, 0.1) is 0 Å². The molecule has 0 saturated heterocycles. The van der Waals surface area contributed by atoms with E-state index in [1.165, 1.54) is 13.3 Å². The summed E-state index contributed by atoms with van der Waals surface area (Å²) in [5.41, 5.74) is 0. The van der Waals surface area contributed by atoms with E-state index >= 15 is 0 Å². The Morgan fingerprint density at radius 3 is 2.50 bits per heavy atom. The molecule has 0 heterocycles. The van der Waals surface area contributed by atoms with Crippen LogP contribution < -0.4 is 0 Å². The molecule has 0 amide bonds. The zero-order valence-electron chi connectivity index (χ0n) is 8.40. The maximum atomic E-state index is 10.8. The van der Waals surface area contributed by atoms with Gasteiger partial charge in [0.1, 0.15) is 0 Å². The summed E-state index contributed by atoms with van der Waals surface area (Å²) in [6, 6.07) is 0. The maximum Gasteiger partial charge on any atom is 0.305 e. The molecule has 1 fully saturated rings. The Balaban J connectivity index is 2.46. The average Bonchev–Trinajstić information content (AvgIpc) is 2.18. The van der Waals surface area contributed by atoms with Crippen LogP contribution >= 0.6 is 0 Å². The fraction of sp³-hybridized carbons (Fsp3) is 0.800. The molecule has 1 aliphatic carbocycles. The maximum absolute atomic E-state index is 10.8. The van der Waals surface area contributed by atoms with Crippen molar-refractivity contribution in [3.63, 3.8) is 0 Å². The molecule has 1 rings (SSSR count). The smallest absolute Gasteiger partial charge is 0.305 e. The molecule has 1 saturated carbocycles. The van der Waals surface area contributed by atoms with E-state index in [-0.39, 0.29) is 5.92 Å². The first-order valence-corrected chi connectivity index (χ1v) is 5.00. The van der Waals surface area contributed by atoms with Crippen LogP contribution in [0.2, 0.25) is 0 Å². The highest BCUT2D eigenvalue weighted by molar-refractivity contribution is 5.66. The summed E-state index contributed by atoms with van der Waals surface area (Å²) >= 11 is 0. The highest BCUT2D eigenvalue weighted by atomic mass is 16.7. The fourth-order valence-corrected chi connectivity index (χ4v) is 1.86. The molecule has 0 N–H and O–H groups in total. The topological polar surface area (TPSA) is 52.6 Å². The third-order valence-corrected chi connectivity index (χ3v) is 2.51. The zero-order valence-corrected chi connectivity index (χ0v) is 8.40. The second kappa shape index (κ2) is 5.62. The standard InChI is InChI=1S/C10H16O4/c1-8(12)14-10(13-7-11)9-5-3-2-4-6-9/h7,9-10H,2-6H2,1H3. The number of rotatable bonds is 4. The lowest BCUT2D eigenvalue weighted by molar-refractivity contribution is -0.190. The van der Waals surface area contributed by atoms with Gasteiger partial charge in [0.15, 0.2) is 0 Å². The molecular formula is C10H16O4. The normalized spacial score (nSPS) is 19.8. The highest BCUT2D eigenvalue weighted by Gasteiger charge is 2.27. The van der Waals surface area contributed by atoms with Crippen LogP contribution in [0, 0.1) is 5.92 Å². The van der Waals surface area contributed by atoms with Crippen molar-refractivity contribution in [2.24, 2.45) is 5.92 Å². The second-order valence-corrected chi connectivity index (χ2v) is 3.61. The van der Waals surface area contributed by atoms with Gasteiger partial charge < -0.3 is 9.47 Å². The van der Waals surface area contributed by atoms with Gasteiger partial charge in [-0.2, -0.15) is 0 Å². The molecule has 4 heteroatoms. The van der Waals surface area contributed by atoms with Gasteiger partial charge in [-0.15, -0.1) is 0 Å². The molecule has 0 radical (unpaired) electrons. The lowest BCUT2D eigenvalue weighted by Crippen LogP contribution is -2.30. The van der Waals surface area contributed by atoms with Crippen molar-refractivity contribution < 1.29 is 19.1 Å². The van der Waals surface area contributed by atoms with Gasteiger partial charge in [-0.3, -0.25) is 9.59 Å². The monoisotopic (exact) mass is 200 g/mol. The Hall–Kier alpha value is -1.06. The Morgan fingerprint density at radius 1 is 1.36 bits per heavy atom. The number of ether oxygens (including phenoxy) is 2. The van der Waals surface area contributed by atoms with E-state index in [0.717, 1.165) is 25.7 Å². The van der Waals surface area contributed by atoms with Crippen LogP contribution in [0.15, 0.2) is 0 Å². The summed E-state index contributed by atoms with van der Waals surface area (Å²) in [4.78, 5) is 21.0. The number of carbonyl (C=O) groups excluding carboxylic acids is 2. The zero-order chi connectivity index (χ0) is 10.4. The van der Waals surface area contributed by atoms with Gasteiger partial charge in [-0.05, 0) is 12.8 Å². The van der Waals surface area contributed by atoms with E-state index in [4.69, 9.17) is 9.47 Å². The molecule has 0 bridgehead atoms. The molecule has 14 heavy (non-hydrogen) atoms. The Morgan fingerprint density at radius 2 is 2.00 bits per heavy atom. The molecule has 1 unspecified atom stereocenters. The lowest BCUT2D eigenvalue weighted by atomic mass is 9.89. The summed E-state index contributed by atoms with van der Waals surface area (Å²) in [5, 5.41) is 0. The summed E-state index contributed by atoms with van der Waals surface area (Å²) in [6.07, 6.45) is 4.70. The van der Waals surface area contributed by atoms with Gasteiger partial charge >= 0.3 is 5.97 Å². The predicted octanol–water partition coefficient (Wildman–Crippen LogP) is 1.63. The molecule has 1 atom stereocenters. The predicted molar refractivity (Wildman–Crippen MR) is 49.3 cm³/mol. The van der Waals surface area contributed by atoms with Gasteiger partial charge in [0.2, 0.25) is 6.29 Å². The molecule has 1 aliphatic rings. The first-order valence-electron chi connectivity index (χ1n) is 5.00. The molecule has 0 aromatic carbocycles. The molecule has 80 valence electrons. The van der Waals surface area contributed by atoms with Crippen LogP contribution in [-0.2, 0) is 19.1 Å². The Kier molecular flexibility index (Phi) is 4.43. The van der Waals surface area contributed by atoms with Crippen molar-refractivity contribution >= 4 is 12.4 Å². The van der Waals surface area contributed by atoms with Gasteiger partial charge in [0.25, 0.3) is 6.47 Å². The summed E-state index contributed by atoms with van der Waals surface area (Å²) in [6.45, 7) is 1.67. The van der Waals surface area contributed by atoms with E-state index in [1.54, 1.807) is 0 Å². The van der Waals surface area contributed by atoms with Crippen molar-refractivity contribution in [3.8, 4) is 0 Å². The first-order chi connectivity index (χ1) is 6.74. The van der Waals surface area contributed by atoms with E-state index in [9.17, 15) is 9.59 Å². The molecule has 0 aromatic heterocycles. The van der Waals surface area contributed by atoms with Crippen molar-refractivity contribution in [1.82, 2.24) is 0 Å². The largest absolute Gasteiger partial charge is 0.427 e. The van der Waals surface area contributed by atoms with Crippen LogP contribution in [0.1, 0.15) is 39.0 Å². The fourth-order valence-electron chi connectivity index (χ4n) is 1.86. The number of hydrogen-bond donors (Lipinski definition) is 0. The minimum absolute atomic E-state index is 0.179. The van der Waals surface area contributed by atoms with Crippen molar-refractivity contribution in [3.05, 3.63) is 0 Å². The van der Waals surface area contributed by atoms with Gasteiger partial charge in [-0.1, -0.05) is 19.3 Å². The molecule has 4 nitrogen and oxygen atoms in total. The van der Waals surface area contributed by atoms with E-state index in [0.29, 0.717) is 6.47 Å². The van der Waals surface area contributed by atoms with E-state index in [1.807, 2.05) is 0 Å². The second-order valence-electron chi connectivity index (χ2n) is 3.61. The molecular weight excluding hydrogens is 184 g/mol. The van der Waals surface area contributed by atoms with E-state index in [2.05, 4.69) is 0 Å². The van der Waals surface area contributed by atoms with E-state index < -0.39 is 12.3 Å². The summed E-state index contributed by atoms with van der Waals surface area (Å²) < 4.78 is 9.71. The number of esters is 1. The van der Waals surface area contributed by atoms with Gasteiger partial charge in [-0.25, -0.2) is 0 Å². The van der Waals surface area contributed by atoms with Crippen LogP contribution in [-0.4, -0.2) is 18.7 Å². The number of carbonyl (C=O) groups is 2. The molecule has 0 aromatic rings. The lowest BCUT2D eigenvalue weighted by Gasteiger charge is -2.27. The van der Waals surface area contributed by atoms with Crippen molar-refractivity contribution in [1.29, 1.82) is 0 Å². The Labute approximate surface area is 83.6 Å². The minimum Gasteiger partial charge on any atom is -0.427 e. The van der Waals surface area contributed by atoms with Gasteiger partial charge in [0, 0.05) is 12.8 Å². The van der Waals surface area contributed by atoms with Crippen LogP contribution in [0.5, 0.6) is 0 Å². The van der Waals surface area contributed by atoms with Crippen LogP contribution in [0.4, 0.5) is 0 Å². The number of hydrogen-bond acceptors (Lipinski definition) is 4. The Bertz CT molecular complexity index is 196. The average molecular weight is 200 g/mol. The molecule has 0 aliphatic heterocycles. The first kappa shape index (κ1) is 11.0. The highest BCUT2D eigenvalue weighted by Crippen LogP contribution is 2.28. The van der Waals surface area contributed by atoms with Crippen molar-refractivity contribution in [2.45, 2.75) is 45.3 Å². The van der Waals surface area contributed by atoms with Crippen LogP contribution in [0.25, 0.3) is 0 Å². The minimum atomic E-state index is -0.676. The third kappa shape index (κ3) is 3.36. The molecule has 0 spiro atoms. The third-order valence-electron chi connectivity index (χ3n) is 2.51. The quantitative estimate of drug-likeness (QED) is 0.393. The van der Waals surface area contributed by atoms with Crippen molar-refractivity contribution in [2.75, 3.05) is 0 Å². The summed E-state index contributed by atoms with van der Waals surface area (Å²) in [5.74, 6) is -0.222. The summed E-state index contributed by atoms with van der Waals surface area (Å²) in [7, 11) is 0. The van der Waals surface area contributed by atoms with Crippen LogP contribution in [0.3, 0.4) is 0 Å².